The van der Waals surface area contributed by atoms with Gasteiger partial charge < -0.3 is 10.3 Å². The predicted octanol–water partition coefficient (Wildman–Crippen LogP) is -0.0333. The van der Waals surface area contributed by atoms with Gasteiger partial charge in [-0.1, -0.05) is 18.3 Å². The number of nitrogens with zero attached hydrogens (tertiary/aromatic N) is 2. The van der Waals surface area contributed by atoms with Gasteiger partial charge in [-0.05, 0) is 13.3 Å². The fourth-order valence-corrected chi connectivity index (χ4v) is 2.31. The molecule has 0 aromatic carbocycles. The summed E-state index contributed by atoms with van der Waals surface area (Å²) in [5, 5.41) is 11.5. The number of aromatic nitrogens is 4. The number of carbonyl (C=O) groups is 1. The normalized spacial score (nSPS) is 10.5. The molecule has 0 atom stereocenters. The van der Waals surface area contributed by atoms with Gasteiger partial charge in [0.15, 0.2) is 0 Å². The summed E-state index contributed by atoms with van der Waals surface area (Å²) >= 11 is 1.28. The largest absolute Gasteiger partial charge is 0.325 e. The minimum absolute atomic E-state index is 0.140. The van der Waals surface area contributed by atoms with Crippen LogP contribution in [0.25, 0.3) is 0 Å². The van der Waals surface area contributed by atoms with Crippen molar-refractivity contribution in [1.82, 2.24) is 20.2 Å². The van der Waals surface area contributed by atoms with E-state index in [1.165, 1.54) is 11.3 Å². The van der Waals surface area contributed by atoms with Crippen molar-refractivity contribution in [1.29, 1.82) is 0 Å². The molecule has 106 valence electrons. The average molecular weight is 295 g/mol. The second kappa shape index (κ2) is 5.78. The standard InChI is InChI=1S/C11H13N5O3S/c1-3-8-15-16-11(20-8)13-7(17)4-6-5(2)12-10(19)14-9(6)18/h3-4H2,1-2H3,(H,13,16,17)(H2,12,14,18,19). The lowest BCUT2D eigenvalue weighted by molar-refractivity contribution is -0.115. The second-order valence-corrected chi connectivity index (χ2v) is 5.15. The fraction of sp³-hybridized carbons (Fsp3) is 0.364. The van der Waals surface area contributed by atoms with Crippen molar-refractivity contribution in [3.05, 3.63) is 37.1 Å². The lowest BCUT2D eigenvalue weighted by Gasteiger charge is -2.03. The zero-order valence-corrected chi connectivity index (χ0v) is 11.8. The lowest BCUT2D eigenvalue weighted by Crippen LogP contribution is -2.29. The topological polar surface area (TPSA) is 121 Å². The van der Waals surface area contributed by atoms with Gasteiger partial charge in [-0.25, -0.2) is 4.79 Å². The third-order valence-corrected chi connectivity index (χ3v) is 3.59. The number of hydrogen-bond acceptors (Lipinski definition) is 6. The number of nitrogens with one attached hydrogen (secondary N) is 3. The Morgan fingerprint density at radius 1 is 1.30 bits per heavy atom. The number of amides is 1. The molecule has 2 heterocycles. The molecule has 0 saturated carbocycles. The minimum Gasteiger partial charge on any atom is -0.311 e. The van der Waals surface area contributed by atoms with E-state index in [1.807, 2.05) is 6.92 Å². The molecule has 0 saturated heterocycles. The third kappa shape index (κ3) is 3.18. The molecule has 20 heavy (non-hydrogen) atoms. The minimum atomic E-state index is -0.589. The molecule has 0 aliphatic heterocycles. The van der Waals surface area contributed by atoms with Crippen LogP contribution in [0.5, 0.6) is 0 Å². The van der Waals surface area contributed by atoms with E-state index >= 15 is 0 Å². The Labute approximate surface area is 117 Å². The van der Waals surface area contributed by atoms with Crippen LogP contribution in [0.2, 0.25) is 0 Å². The monoisotopic (exact) mass is 295 g/mol. The van der Waals surface area contributed by atoms with Crippen molar-refractivity contribution in [3.63, 3.8) is 0 Å². The van der Waals surface area contributed by atoms with E-state index in [2.05, 4.69) is 25.5 Å². The average Bonchev–Trinajstić information content (AvgIpc) is 2.81. The quantitative estimate of drug-likeness (QED) is 0.731. The number of aryl methyl sites for hydroxylation is 2. The van der Waals surface area contributed by atoms with Gasteiger partial charge in [-0.2, -0.15) is 0 Å². The van der Waals surface area contributed by atoms with Crippen LogP contribution in [0.1, 0.15) is 23.2 Å². The summed E-state index contributed by atoms with van der Waals surface area (Å²) in [7, 11) is 0. The molecule has 2 rings (SSSR count). The van der Waals surface area contributed by atoms with Crippen molar-refractivity contribution in [3.8, 4) is 0 Å². The molecule has 2 aromatic heterocycles. The summed E-state index contributed by atoms with van der Waals surface area (Å²) in [6.07, 6.45) is 0.602. The van der Waals surface area contributed by atoms with Gasteiger partial charge in [-0.3, -0.25) is 14.6 Å². The van der Waals surface area contributed by atoms with Gasteiger partial charge in [0.05, 0.1) is 6.42 Å². The van der Waals surface area contributed by atoms with E-state index in [-0.39, 0.29) is 17.9 Å². The fourth-order valence-electron chi connectivity index (χ4n) is 1.61. The Bertz CT molecular complexity index is 745. The Balaban J connectivity index is 2.12. The van der Waals surface area contributed by atoms with Crippen molar-refractivity contribution in [2.75, 3.05) is 5.32 Å². The van der Waals surface area contributed by atoms with E-state index < -0.39 is 11.2 Å². The smallest absolute Gasteiger partial charge is 0.311 e. The number of rotatable bonds is 4. The summed E-state index contributed by atoms with van der Waals surface area (Å²) < 4.78 is 0. The Kier molecular flexibility index (Phi) is 4.08. The molecule has 3 N–H and O–H groups in total. The van der Waals surface area contributed by atoms with E-state index in [1.54, 1.807) is 6.92 Å². The highest BCUT2D eigenvalue weighted by molar-refractivity contribution is 7.15. The molecule has 0 unspecified atom stereocenters. The SMILES string of the molecule is CCc1nnc(NC(=O)Cc2c(C)[nH]c(=O)[nH]c2=O)s1. The summed E-state index contributed by atoms with van der Waals surface area (Å²) in [4.78, 5) is 39.1. The van der Waals surface area contributed by atoms with E-state index in [9.17, 15) is 14.4 Å². The lowest BCUT2D eigenvalue weighted by atomic mass is 10.1. The molecule has 8 nitrogen and oxygen atoms in total. The van der Waals surface area contributed by atoms with E-state index in [0.29, 0.717) is 10.8 Å². The number of aromatic amines is 2. The third-order valence-electron chi connectivity index (χ3n) is 2.61. The Morgan fingerprint density at radius 2 is 2.05 bits per heavy atom. The van der Waals surface area contributed by atoms with Crippen LogP contribution >= 0.6 is 11.3 Å². The first-order valence-electron chi connectivity index (χ1n) is 5.94. The number of anilines is 1. The van der Waals surface area contributed by atoms with Gasteiger partial charge in [0.25, 0.3) is 5.56 Å². The van der Waals surface area contributed by atoms with Gasteiger partial charge in [0.2, 0.25) is 11.0 Å². The molecule has 0 bridgehead atoms. The molecule has 2 aromatic rings. The highest BCUT2D eigenvalue weighted by Crippen LogP contribution is 2.15. The van der Waals surface area contributed by atoms with Gasteiger partial charge in [-0.15, -0.1) is 10.2 Å². The molecule has 0 aliphatic carbocycles. The summed E-state index contributed by atoms with van der Waals surface area (Å²) in [5.41, 5.74) is -0.552. The number of hydrogen-bond donors (Lipinski definition) is 3. The maximum atomic E-state index is 11.9. The molecule has 0 spiro atoms. The van der Waals surface area contributed by atoms with Crippen LogP contribution in [-0.2, 0) is 17.6 Å². The summed E-state index contributed by atoms with van der Waals surface area (Å²) in [6, 6.07) is 0. The first-order valence-corrected chi connectivity index (χ1v) is 6.75. The van der Waals surface area contributed by atoms with E-state index in [0.717, 1.165) is 11.4 Å². The van der Waals surface area contributed by atoms with Crippen LogP contribution in [0.3, 0.4) is 0 Å². The summed E-state index contributed by atoms with van der Waals surface area (Å²) in [6.45, 7) is 3.51. The van der Waals surface area contributed by atoms with Crippen LogP contribution in [0.15, 0.2) is 9.59 Å². The highest BCUT2D eigenvalue weighted by Gasteiger charge is 2.13. The van der Waals surface area contributed by atoms with Crippen LogP contribution in [0, 0.1) is 6.92 Å². The van der Waals surface area contributed by atoms with Crippen LogP contribution < -0.4 is 16.6 Å². The molecule has 0 aliphatic rings. The van der Waals surface area contributed by atoms with Gasteiger partial charge >= 0.3 is 5.69 Å². The zero-order valence-electron chi connectivity index (χ0n) is 10.9. The molecule has 9 heteroatoms. The van der Waals surface area contributed by atoms with Crippen molar-refractivity contribution in [2.24, 2.45) is 0 Å². The highest BCUT2D eigenvalue weighted by atomic mass is 32.1. The molecular weight excluding hydrogens is 282 g/mol. The van der Waals surface area contributed by atoms with Crippen molar-refractivity contribution in [2.45, 2.75) is 26.7 Å². The van der Waals surface area contributed by atoms with Crippen molar-refractivity contribution < 1.29 is 4.79 Å². The summed E-state index contributed by atoms with van der Waals surface area (Å²) in [5.74, 6) is -0.385. The second-order valence-electron chi connectivity index (χ2n) is 4.09. The number of carbonyl (C=O) groups excluding carboxylic acids is 1. The molecular formula is C11H13N5O3S. The van der Waals surface area contributed by atoms with E-state index in [4.69, 9.17) is 0 Å². The first kappa shape index (κ1) is 14.1. The zero-order chi connectivity index (χ0) is 14.7. The maximum absolute atomic E-state index is 11.9. The van der Waals surface area contributed by atoms with Gasteiger partial charge in [0.1, 0.15) is 5.01 Å². The van der Waals surface area contributed by atoms with Crippen molar-refractivity contribution >= 4 is 22.4 Å². The Morgan fingerprint density at radius 3 is 2.65 bits per heavy atom. The van der Waals surface area contributed by atoms with Gasteiger partial charge in [0, 0.05) is 11.3 Å². The molecule has 0 radical (unpaired) electrons. The predicted molar refractivity (Wildman–Crippen MR) is 74.0 cm³/mol. The van der Waals surface area contributed by atoms with Crippen LogP contribution in [0.4, 0.5) is 5.13 Å². The number of H-pyrrole nitrogens is 2. The van der Waals surface area contributed by atoms with Crippen LogP contribution in [-0.4, -0.2) is 26.1 Å². The molecule has 1 amide bonds. The Hall–Kier alpha value is -2.29. The maximum Gasteiger partial charge on any atom is 0.325 e. The molecule has 0 fully saturated rings. The first-order chi connectivity index (χ1) is 9.49.